The average molecular weight is 307 g/mol. The smallest absolute Gasteiger partial charge is 0.271 e. The maximum absolute atomic E-state index is 11.0. The minimum atomic E-state index is -0.385. The lowest BCUT2D eigenvalue weighted by atomic mass is 10.1. The van der Waals surface area contributed by atoms with E-state index in [4.69, 9.17) is 4.74 Å². The van der Waals surface area contributed by atoms with Crippen LogP contribution in [0.15, 0.2) is 42.5 Å². The molecule has 2 aromatic rings. The summed E-state index contributed by atoms with van der Waals surface area (Å²) in [7, 11) is 3.51. The van der Waals surface area contributed by atoms with E-state index in [1.165, 1.54) is 6.07 Å². The minimum absolute atomic E-state index is 0.0743. The predicted octanol–water partition coefficient (Wildman–Crippen LogP) is 3.75. The Morgan fingerprint density at radius 2 is 2.00 bits per heavy atom. The van der Waals surface area contributed by atoms with Crippen molar-refractivity contribution in [3.8, 4) is 17.1 Å². The molecule has 0 aliphatic carbocycles. The molecule has 114 valence electrons. The van der Waals surface area contributed by atoms with Crippen molar-refractivity contribution in [3.05, 3.63) is 52.6 Å². The van der Waals surface area contributed by atoms with Crippen molar-refractivity contribution in [2.45, 2.75) is 0 Å². The quantitative estimate of drug-likeness (QED) is 0.418. The molecule has 0 aromatic heterocycles. The Kier molecular flexibility index (Phi) is 2.74. The van der Waals surface area contributed by atoms with E-state index < -0.39 is 0 Å². The number of nitro groups is 1. The van der Waals surface area contributed by atoms with Gasteiger partial charge in [0.15, 0.2) is 0 Å². The molecular weight excluding hydrogens is 294 g/mol. The lowest BCUT2D eigenvalue weighted by Crippen LogP contribution is -2.00. The molecule has 23 heavy (non-hydrogen) atoms. The van der Waals surface area contributed by atoms with Crippen LogP contribution in [0.5, 0.6) is 5.75 Å². The molecule has 2 heterocycles. The molecule has 0 fully saturated rings. The number of nitro benzene ring substituents is 1. The third-order valence-corrected chi connectivity index (χ3v) is 4.16. The van der Waals surface area contributed by atoms with Crippen LogP contribution in [0.25, 0.3) is 33.2 Å². The molecular formula is C17H13N3O3. The first-order valence-corrected chi connectivity index (χ1v) is 7.10. The fraction of sp³-hybridized carbons (Fsp3) is 0.118. The number of non-ortho nitro benzene ring substituents is 1. The number of aryl methyl sites for hydroxylation is 1. The lowest BCUT2D eigenvalue weighted by molar-refractivity contribution is -0.384. The summed E-state index contributed by atoms with van der Waals surface area (Å²) in [5.74, 6) is 1.57. The number of hydrogen-bond donors (Lipinski definition) is 0. The summed E-state index contributed by atoms with van der Waals surface area (Å²) in [6.07, 6.45) is 0. The third kappa shape index (κ3) is 1.92. The Bertz CT molecular complexity index is 1050. The molecule has 0 amide bonds. The number of nitrogens with zero attached hydrogens (tertiary/aromatic N) is 3. The van der Waals surface area contributed by atoms with Gasteiger partial charge in [-0.25, -0.2) is 4.98 Å². The summed E-state index contributed by atoms with van der Waals surface area (Å²) in [6.45, 7) is 0. The molecule has 0 saturated heterocycles. The largest absolute Gasteiger partial charge is 0.497 e. The van der Waals surface area contributed by atoms with Gasteiger partial charge in [0.25, 0.3) is 5.69 Å². The van der Waals surface area contributed by atoms with Crippen LogP contribution in [0.3, 0.4) is 0 Å². The van der Waals surface area contributed by atoms with E-state index in [1.54, 1.807) is 19.2 Å². The number of methoxy groups -OCH3 is 1. The van der Waals surface area contributed by atoms with E-state index >= 15 is 0 Å². The van der Waals surface area contributed by atoms with E-state index in [0.29, 0.717) is 0 Å². The van der Waals surface area contributed by atoms with Crippen LogP contribution in [-0.4, -0.2) is 21.6 Å². The number of fused-ring (bicyclic) bond motifs is 4. The van der Waals surface area contributed by atoms with Crippen molar-refractivity contribution >= 4 is 27.5 Å². The molecule has 0 bridgehead atoms. The molecule has 0 N–H and O–H groups in total. The second-order valence-electron chi connectivity index (χ2n) is 5.44. The summed E-state index contributed by atoms with van der Waals surface area (Å²) in [6, 6.07) is 12.6. The highest BCUT2D eigenvalue weighted by atomic mass is 16.6. The van der Waals surface area contributed by atoms with Crippen molar-refractivity contribution in [1.82, 2.24) is 9.55 Å². The van der Waals surface area contributed by atoms with Gasteiger partial charge < -0.3 is 9.30 Å². The topological polar surface area (TPSA) is 70.2 Å². The second kappa shape index (κ2) is 4.67. The SMILES string of the molecule is COc1ccc2nc3n(C)c4cc([N+](=O)[O-])ccc4cc-3c2c1. The number of hydrogen-bond acceptors (Lipinski definition) is 4. The number of rotatable bonds is 2. The molecule has 6 nitrogen and oxygen atoms in total. The molecule has 0 saturated carbocycles. The molecule has 0 radical (unpaired) electrons. The summed E-state index contributed by atoms with van der Waals surface area (Å²) >= 11 is 0. The number of benzene rings is 2. The predicted molar refractivity (Wildman–Crippen MR) is 88.0 cm³/mol. The number of ether oxygens (including phenoxy) is 1. The Morgan fingerprint density at radius 1 is 1.17 bits per heavy atom. The van der Waals surface area contributed by atoms with Gasteiger partial charge in [-0.3, -0.25) is 10.1 Å². The maximum atomic E-state index is 11.0. The first-order valence-electron chi connectivity index (χ1n) is 7.10. The average Bonchev–Trinajstić information content (AvgIpc) is 2.92. The highest BCUT2D eigenvalue weighted by Gasteiger charge is 2.18. The van der Waals surface area contributed by atoms with Crippen molar-refractivity contribution in [1.29, 1.82) is 0 Å². The molecule has 2 aliphatic heterocycles. The van der Waals surface area contributed by atoms with E-state index in [1.807, 2.05) is 35.9 Å². The molecule has 0 spiro atoms. The minimum Gasteiger partial charge on any atom is -0.497 e. The fourth-order valence-electron chi connectivity index (χ4n) is 2.98. The molecule has 4 rings (SSSR count). The van der Waals surface area contributed by atoms with Crippen molar-refractivity contribution in [2.75, 3.05) is 7.11 Å². The van der Waals surface area contributed by atoms with Crippen molar-refractivity contribution < 1.29 is 9.66 Å². The Labute approximate surface area is 131 Å². The van der Waals surface area contributed by atoms with Gasteiger partial charge in [-0.1, -0.05) is 0 Å². The third-order valence-electron chi connectivity index (χ3n) is 4.16. The highest BCUT2D eigenvalue weighted by Crippen LogP contribution is 2.36. The van der Waals surface area contributed by atoms with E-state index in [-0.39, 0.29) is 10.6 Å². The van der Waals surface area contributed by atoms with Gasteiger partial charge in [-0.15, -0.1) is 0 Å². The summed E-state index contributed by atoms with van der Waals surface area (Å²) in [4.78, 5) is 15.3. The van der Waals surface area contributed by atoms with E-state index in [0.717, 1.165) is 38.9 Å². The van der Waals surface area contributed by atoms with Gasteiger partial charge in [0.2, 0.25) is 0 Å². The molecule has 0 atom stereocenters. The molecule has 2 aromatic carbocycles. The Hall–Kier alpha value is -3.15. The van der Waals surface area contributed by atoms with Crippen LogP contribution in [0.2, 0.25) is 0 Å². The van der Waals surface area contributed by atoms with Crippen LogP contribution in [-0.2, 0) is 7.05 Å². The van der Waals surface area contributed by atoms with Crippen molar-refractivity contribution in [3.63, 3.8) is 0 Å². The summed E-state index contributed by atoms with van der Waals surface area (Å²) < 4.78 is 7.18. The zero-order chi connectivity index (χ0) is 16.1. The normalized spacial score (nSPS) is 11.4. The number of pyridine rings is 1. The zero-order valence-corrected chi connectivity index (χ0v) is 12.6. The van der Waals surface area contributed by atoms with Crippen molar-refractivity contribution in [2.24, 2.45) is 7.05 Å². The monoisotopic (exact) mass is 307 g/mol. The van der Waals surface area contributed by atoms with Crippen LogP contribution in [0.1, 0.15) is 0 Å². The summed E-state index contributed by atoms with van der Waals surface area (Å²) in [5.41, 5.74) is 2.73. The van der Waals surface area contributed by atoms with Crippen LogP contribution >= 0.6 is 0 Å². The second-order valence-corrected chi connectivity index (χ2v) is 5.44. The van der Waals surface area contributed by atoms with Gasteiger partial charge >= 0.3 is 0 Å². The maximum Gasteiger partial charge on any atom is 0.271 e. The molecule has 0 unspecified atom stereocenters. The summed E-state index contributed by atoms with van der Waals surface area (Å²) in [5, 5.41) is 12.9. The Morgan fingerprint density at radius 3 is 2.74 bits per heavy atom. The van der Waals surface area contributed by atoms with Gasteiger partial charge in [0.1, 0.15) is 11.6 Å². The van der Waals surface area contributed by atoms with E-state index in [9.17, 15) is 10.1 Å². The van der Waals surface area contributed by atoms with Gasteiger partial charge in [0, 0.05) is 30.1 Å². The van der Waals surface area contributed by atoms with Gasteiger partial charge in [0.05, 0.1) is 23.1 Å². The first kappa shape index (κ1) is 13.5. The zero-order valence-electron chi connectivity index (χ0n) is 12.6. The standard InChI is InChI=1S/C17H13N3O3/c1-19-16-8-11(20(21)22)4-3-10(16)7-14-13-9-12(23-2)5-6-15(13)18-17(14)19/h3-9H,1-2H3. The highest BCUT2D eigenvalue weighted by molar-refractivity contribution is 6.01. The molecule has 2 aliphatic rings. The van der Waals surface area contributed by atoms with Crippen LogP contribution in [0.4, 0.5) is 5.69 Å². The molecule has 6 heteroatoms. The van der Waals surface area contributed by atoms with E-state index in [2.05, 4.69) is 4.98 Å². The first-order chi connectivity index (χ1) is 11.1. The van der Waals surface area contributed by atoms with Gasteiger partial charge in [-0.2, -0.15) is 0 Å². The fourth-order valence-corrected chi connectivity index (χ4v) is 2.98. The lowest BCUT2D eigenvalue weighted by Gasteiger charge is -2.11. The van der Waals surface area contributed by atoms with Crippen LogP contribution in [0, 0.1) is 10.1 Å². The van der Waals surface area contributed by atoms with Crippen LogP contribution < -0.4 is 4.74 Å². The Balaban J connectivity index is 2.11. The van der Waals surface area contributed by atoms with Gasteiger partial charge in [-0.05, 0) is 35.7 Å². The number of aromatic nitrogens is 2.